The molecule has 0 amide bonds. The summed E-state index contributed by atoms with van der Waals surface area (Å²) in [7, 11) is 0. The molecule has 0 spiro atoms. The average Bonchev–Trinajstić information content (AvgIpc) is 2.99. The fourth-order valence-corrected chi connectivity index (χ4v) is 2.27. The van der Waals surface area contributed by atoms with E-state index in [-0.39, 0.29) is 11.7 Å². The molecule has 0 aliphatic heterocycles. The number of hydrogen-bond acceptors (Lipinski definition) is 3. The van der Waals surface area contributed by atoms with Gasteiger partial charge in [0.25, 0.3) is 0 Å². The number of nitrogens with zero attached hydrogens (tertiary/aromatic N) is 2. The molecule has 0 aliphatic rings. The third-order valence-corrected chi connectivity index (χ3v) is 3.37. The van der Waals surface area contributed by atoms with E-state index in [4.69, 9.17) is 5.73 Å². The van der Waals surface area contributed by atoms with Crippen molar-refractivity contribution in [2.45, 2.75) is 5.92 Å². The molecule has 0 fully saturated rings. The Morgan fingerprint density at radius 1 is 1.05 bits per heavy atom. The van der Waals surface area contributed by atoms with Crippen LogP contribution in [-0.2, 0) is 0 Å². The highest BCUT2D eigenvalue weighted by atomic mass is 19.1. The number of H-pyrrole nitrogens is 1. The minimum atomic E-state index is -0.359. The molecule has 2 aromatic heterocycles. The highest BCUT2D eigenvalue weighted by Crippen LogP contribution is 2.23. The predicted molar refractivity (Wildman–Crippen MR) is 79.1 cm³/mol. The number of hydrogen-bond donors (Lipinski definition) is 2. The van der Waals surface area contributed by atoms with E-state index in [1.54, 1.807) is 12.3 Å². The molecule has 3 rings (SSSR count). The minimum absolute atomic E-state index is 0.000369. The summed E-state index contributed by atoms with van der Waals surface area (Å²) < 4.78 is 12.9. The second-order valence-electron chi connectivity index (χ2n) is 4.74. The summed E-state index contributed by atoms with van der Waals surface area (Å²) in [5.74, 6) is 0.424. The van der Waals surface area contributed by atoms with Crippen LogP contribution in [0.25, 0.3) is 11.4 Å². The molecule has 4 nitrogen and oxygen atoms in total. The summed E-state index contributed by atoms with van der Waals surface area (Å²) in [5, 5.41) is 0. The second kappa shape index (κ2) is 5.85. The maximum atomic E-state index is 12.9. The highest BCUT2D eigenvalue weighted by Gasteiger charge is 2.16. The number of nitrogens with two attached hydrogens (primary N) is 1. The van der Waals surface area contributed by atoms with Crippen molar-refractivity contribution in [1.29, 1.82) is 0 Å². The largest absolute Gasteiger partial charge is 0.340 e. The Kier molecular flexibility index (Phi) is 3.75. The monoisotopic (exact) mass is 282 g/mol. The van der Waals surface area contributed by atoms with Crippen LogP contribution in [0, 0.1) is 5.82 Å². The number of pyridine rings is 1. The Morgan fingerprint density at radius 2 is 1.86 bits per heavy atom. The van der Waals surface area contributed by atoms with Crippen LogP contribution in [0.5, 0.6) is 0 Å². The smallest absolute Gasteiger partial charge is 0.141 e. The Bertz CT molecular complexity index is 707. The van der Waals surface area contributed by atoms with Crippen LogP contribution in [0.15, 0.2) is 54.9 Å². The van der Waals surface area contributed by atoms with Crippen LogP contribution in [0.2, 0.25) is 0 Å². The topological polar surface area (TPSA) is 67.6 Å². The van der Waals surface area contributed by atoms with Gasteiger partial charge in [-0.2, -0.15) is 0 Å². The lowest BCUT2D eigenvalue weighted by Crippen LogP contribution is -2.15. The summed E-state index contributed by atoms with van der Waals surface area (Å²) >= 11 is 0. The number of halogens is 1. The van der Waals surface area contributed by atoms with Crippen molar-refractivity contribution in [2.75, 3.05) is 6.54 Å². The maximum Gasteiger partial charge on any atom is 0.141 e. The van der Waals surface area contributed by atoms with E-state index >= 15 is 0 Å². The van der Waals surface area contributed by atoms with Gasteiger partial charge >= 0.3 is 0 Å². The second-order valence-corrected chi connectivity index (χ2v) is 4.74. The Morgan fingerprint density at radius 3 is 2.52 bits per heavy atom. The van der Waals surface area contributed by atoms with Gasteiger partial charge in [0, 0.05) is 6.54 Å². The van der Waals surface area contributed by atoms with Gasteiger partial charge in [0.2, 0.25) is 0 Å². The molecule has 21 heavy (non-hydrogen) atoms. The zero-order chi connectivity index (χ0) is 14.7. The molecule has 106 valence electrons. The van der Waals surface area contributed by atoms with Crippen molar-refractivity contribution in [3.8, 4) is 11.4 Å². The van der Waals surface area contributed by atoms with E-state index < -0.39 is 0 Å². The van der Waals surface area contributed by atoms with Gasteiger partial charge in [0.1, 0.15) is 11.6 Å². The van der Waals surface area contributed by atoms with Crippen molar-refractivity contribution < 1.29 is 4.39 Å². The first-order chi connectivity index (χ1) is 10.3. The van der Waals surface area contributed by atoms with E-state index in [0.717, 1.165) is 17.1 Å². The molecule has 0 aliphatic carbocycles. The van der Waals surface area contributed by atoms with Gasteiger partial charge < -0.3 is 10.7 Å². The Balaban J connectivity index is 1.92. The van der Waals surface area contributed by atoms with Gasteiger partial charge in [0.15, 0.2) is 0 Å². The zero-order valence-electron chi connectivity index (χ0n) is 11.3. The van der Waals surface area contributed by atoms with Crippen molar-refractivity contribution in [3.63, 3.8) is 0 Å². The van der Waals surface area contributed by atoms with Crippen molar-refractivity contribution in [3.05, 3.63) is 72.1 Å². The lowest BCUT2D eigenvalue weighted by Gasteiger charge is -2.12. The molecule has 0 saturated carbocycles. The Hall–Kier alpha value is -2.53. The molecular weight excluding hydrogens is 267 g/mol. The first kappa shape index (κ1) is 13.5. The first-order valence-corrected chi connectivity index (χ1v) is 6.70. The molecule has 3 N–H and O–H groups in total. The van der Waals surface area contributed by atoms with E-state index in [9.17, 15) is 4.39 Å². The Labute approximate surface area is 121 Å². The molecule has 3 aromatic rings. The molecule has 1 atom stereocenters. The van der Waals surface area contributed by atoms with Crippen molar-refractivity contribution in [1.82, 2.24) is 15.0 Å². The summed E-state index contributed by atoms with van der Waals surface area (Å²) in [6.45, 7) is 0.452. The predicted octanol–water partition coefficient (Wildman–Crippen LogP) is 2.70. The van der Waals surface area contributed by atoms with Gasteiger partial charge in [-0.3, -0.25) is 4.98 Å². The minimum Gasteiger partial charge on any atom is -0.340 e. The van der Waals surface area contributed by atoms with Crippen LogP contribution >= 0.6 is 0 Å². The maximum absolute atomic E-state index is 12.9. The number of benzene rings is 1. The van der Waals surface area contributed by atoms with Crippen LogP contribution in [0.1, 0.15) is 17.3 Å². The van der Waals surface area contributed by atoms with Crippen LogP contribution in [0.3, 0.4) is 0 Å². The van der Waals surface area contributed by atoms with Gasteiger partial charge in [-0.15, -0.1) is 0 Å². The zero-order valence-corrected chi connectivity index (χ0v) is 11.3. The quantitative estimate of drug-likeness (QED) is 0.773. The number of aromatic nitrogens is 3. The molecule has 2 heterocycles. The van der Waals surface area contributed by atoms with Gasteiger partial charge in [-0.05, 0) is 17.7 Å². The van der Waals surface area contributed by atoms with E-state index in [1.165, 1.54) is 12.3 Å². The number of nitrogens with one attached hydrogen (secondary N) is 1. The standard InChI is InChI=1S/C16H15FN4/c17-12-6-7-14(19-9-12)15-10-20-16(21-15)13(8-18)11-4-2-1-3-5-11/h1-7,9-10,13H,8,18H2,(H,20,21). The number of aromatic amines is 1. The molecule has 0 bridgehead atoms. The normalized spacial score (nSPS) is 12.3. The summed E-state index contributed by atoms with van der Waals surface area (Å²) in [4.78, 5) is 11.7. The molecule has 0 radical (unpaired) electrons. The average molecular weight is 282 g/mol. The van der Waals surface area contributed by atoms with E-state index in [1.807, 2.05) is 30.3 Å². The van der Waals surface area contributed by atoms with Crippen LogP contribution in [0.4, 0.5) is 4.39 Å². The molecule has 5 heteroatoms. The van der Waals surface area contributed by atoms with Crippen molar-refractivity contribution >= 4 is 0 Å². The fraction of sp³-hybridized carbons (Fsp3) is 0.125. The fourth-order valence-electron chi connectivity index (χ4n) is 2.27. The third-order valence-electron chi connectivity index (χ3n) is 3.37. The van der Waals surface area contributed by atoms with E-state index in [2.05, 4.69) is 15.0 Å². The van der Waals surface area contributed by atoms with Crippen molar-refractivity contribution in [2.24, 2.45) is 5.73 Å². The summed E-state index contributed by atoms with van der Waals surface area (Å²) in [5.41, 5.74) is 8.39. The first-order valence-electron chi connectivity index (χ1n) is 6.70. The summed E-state index contributed by atoms with van der Waals surface area (Å²) in [6.07, 6.45) is 2.88. The SMILES string of the molecule is NCC(c1ccccc1)c1ncc(-c2ccc(F)cn2)[nH]1. The van der Waals surface area contributed by atoms with E-state index in [0.29, 0.717) is 12.2 Å². The number of rotatable bonds is 4. The molecule has 1 aromatic carbocycles. The molecular formula is C16H15FN4. The van der Waals surface area contributed by atoms with Gasteiger partial charge in [-0.1, -0.05) is 30.3 Å². The third kappa shape index (κ3) is 2.83. The summed E-state index contributed by atoms with van der Waals surface area (Å²) in [6, 6.07) is 13.0. The molecule has 0 saturated heterocycles. The number of imidazole rings is 1. The van der Waals surface area contributed by atoms with Gasteiger partial charge in [-0.25, -0.2) is 9.37 Å². The lowest BCUT2D eigenvalue weighted by molar-refractivity contribution is 0.622. The van der Waals surface area contributed by atoms with Crippen LogP contribution in [-0.4, -0.2) is 21.5 Å². The highest BCUT2D eigenvalue weighted by molar-refractivity contribution is 5.53. The van der Waals surface area contributed by atoms with Gasteiger partial charge in [0.05, 0.1) is 29.7 Å². The lowest BCUT2D eigenvalue weighted by atomic mass is 9.99. The molecule has 1 unspecified atom stereocenters. The van der Waals surface area contributed by atoms with Crippen LogP contribution < -0.4 is 5.73 Å².